The minimum atomic E-state index is 0.455. The van der Waals surface area contributed by atoms with Gasteiger partial charge in [-0.2, -0.15) is 0 Å². The summed E-state index contributed by atoms with van der Waals surface area (Å²) in [5, 5.41) is 3.45. The second-order valence-electron chi connectivity index (χ2n) is 2.54. The summed E-state index contributed by atoms with van der Waals surface area (Å²) in [6.07, 6.45) is 0.993. The van der Waals surface area contributed by atoms with Crippen LogP contribution in [-0.4, -0.2) is 0 Å². The molecular weight excluding hydrogens is 170 g/mol. The molecule has 0 spiro atoms. The largest absolute Gasteiger partial charge is 0.346 e. The summed E-state index contributed by atoms with van der Waals surface area (Å²) in [5.41, 5.74) is 2.29. The number of halogens is 1. The van der Waals surface area contributed by atoms with Gasteiger partial charge in [0.1, 0.15) is 0 Å². The molecule has 2 heteroatoms. The highest BCUT2D eigenvalue weighted by Crippen LogP contribution is 2.17. The number of rotatable bonds is 3. The maximum atomic E-state index is 5.64. The van der Waals surface area contributed by atoms with E-state index in [4.69, 9.17) is 11.6 Å². The Morgan fingerprint density at radius 2 is 2.17 bits per heavy atom. The van der Waals surface area contributed by atoms with E-state index in [2.05, 4.69) is 24.9 Å². The summed E-state index contributed by atoms with van der Waals surface area (Å²) in [5.74, 6) is 0. The van der Waals surface area contributed by atoms with E-state index in [1.165, 1.54) is 5.56 Å². The summed E-state index contributed by atoms with van der Waals surface area (Å²) in [7, 11) is 0. The van der Waals surface area contributed by atoms with Crippen LogP contribution in [0.5, 0.6) is 0 Å². The van der Waals surface area contributed by atoms with Crippen molar-refractivity contribution in [2.45, 2.75) is 13.3 Å². The molecule has 0 aliphatic heterocycles. The molecule has 0 aromatic heterocycles. The molecule has 0 saturated carbocycles. The summed E-state index contributed by atoms with van der Waals surface area (Å²) in [4.78, 5) is 0. The topological polar surface area (TPSA) is 12.0 Å². The molecule has 64 valence electrons. The highest BCUT2D eigenvalue weighted by Gasteiger charge is 1.97. The third kappa shape index (κ3) is 2.28. The van der Waals surface area contributed by atoms with Crippen molar-refractivity contribution < 1.29 is 0 Å². The lowest BCUT2D eigenvalue weighted by Gasteiger charge is -2.08. The third-order valence-electron chi connectivity index (χ3n) is 1.67. The van der Waals surface area contributed by atoms with Gasteiger partial charge in [-0.3, -0.25) is 0 Å². The molecule has 1 aromatic rings. The van der Waals surface area contributed by atoms with Crippen molar-refractivity contribution >= 4 is 17.3 Å². The van der Waals surface area contributed by atoms with Crippen LogP contribution in [0.15, 0.2) is 36.0 Å². The molecule has 0 amide bonds. The van der Waals surface area contributed by atoms with Gasteiger partial charge in [0.15, 0.2) is 0 Å². The smallest absolute Gasteiger partial charge is 0.0989 e. The van der Waals surface area contributed by atoms with Crippen molar-refractivity contribution in [1.82, 2.24) is 0 Å². The van der Waals surface area contributed by atoms with Crippen LogP contribution in [0, 0.1) is 0 Å². The Bertz CT molecular complexity index is 281. The average Bonchev–Trinajstić information content (AvgIpc) is 2.04. The maximum absolute atomic E-state index is 5.64. The van der Waals surface area contributed by atoms with Crippen molar-refractivity contribution in [3.8, 4) is 0 Å². The molecule has 1 N–H and O–H groups in total. The molecule has 0 fully saturated rings. The molecule has 1 nitrogen and oxygen atoms in total. The van der Waals surface area contributed by atoms with Gasteiger partial charge in [-0.25, -0.2) is 0 Å². The second kappa shape index (κ2) is 4.17. The number of nitrogens with one attached hydrogen (secondary N) is 1. The van der Waals surface area contributed by atoms with Crippen LogP contribution >= 0.6 is 11.6 Å². The van der Waals surface area contributed by atoms with Crippen LogP contribution in [-0.2, 0) is 6.42 Å². The monoisotopic (exact) mass is 181 g/mol. The lowest BCUT2D eigenvalue weighted by Crippen LogP contribution is -1.95. The van der Waals surface area contributed by atoms with E-state index in [1.807, 2.05) is 18.2 Å². The summed E-state index contributed by atoms with van der Waals surface area (Å²) in [6, 6.07) is 8.05. The normalized spacial score (nSPS) is 9.50. The zero-order valence-electron chi connectivity index (χ0n) is 7.10. The first-order valence-electron chi connectivity index (χ1n) is 3.93. The fourth-order valence-corrected chi connectivity index (χ4v) is 1.20. The van der Waals surface area contributed by atoms with E-state index in [-0.39, 0.29) is 0 Å². The molecule has 0 unspecified atom stereocenters. The van der Waals surface area contributed by atoms with Gasteiger partial charge in [0.2, 0.25) is 0 Å². The standard InChI is InChI=1S/C10H12ClN/c1-3-9-6-4-5-7-10(9)12-8(2)11/h4-7,12H,2-3H2,1H3. The van der Waals surface area contributed by atoms with E-state index in [1.54, 1.807) is 0 Å². The minimum absolute atomic E-state index is 0.455. The Hall–Kier alpha value is -0.950. The fraction of sp³-hybridized carbons (Fsp3) is 0.200. The van der Waals surface area contributed by atoms with E-state index in [0.717, 1.165) is 12.1 Å². The van der Waals surface area contributed by atoms with Crippen molar-refractivity contribution in [2.24, 2.45) is 0 Å². The van der Waals surface area contributed by atoms with Crippen LogP contribution in [0.25, 0.3) is 0 Å². The van der Waals surface area contributed by atoms with Gasteiger partial charge in [0.25, 0.3) is 0 Å². The minimum Gasteiger partial charge on any atom is -0.346 e. The summed E-state index contributed by atoms with van der Waals surface area (Å²) < 4.78 is 0. The summed E-state index contributed by atoms with van der Waals surface area (Å²) >= 11 is 5.64. The van der Waals surface area contributed by atoms with Crippen LogP contribution in [0.2, 0.25) is 0 Å². The van der Waals surface area contributed by atoms with Crippen molar-refractivity contribution in [3.63, 3.8) is 0 Å². The molecule has 1 aromatic carbocycles. The van der Waals surface area contributed by atoms with E-state index < -0.39 is 0 Å². The summed E-state index contributed by atoms with van der Waals surface area (Å²) in [6.45, 7) is 5.69. The molecule has 0 heterocycles. The number of benzene rings is 1. The van der Waals surface area contributed by atoms with Gasteiger partial charge in [-0.05, 0) is 18.1 Å². The molecule has 0 bridgehead atoms. The Morgan fingerprint density at radius 3 is 2.75 bits per heavy atom. The Balaban J connectivity index is 2.89. The SMILES string of the molecule is C=C(Cl)Nc1ccccc1CC. The van der Waals surface area contributed by atoms with Gasteiger partial charge >= 0.3 is 0 Å². The molecule has 0 radical (unpaired) electrons. The molecule has 0 atom stereocenters. The van der Waals surface area contributed by atoms with Gasteiger partial charge in [0, 0.05) is 5.69 Å². The quantitative estimate of drug-likeness (QED) is 0.706. The van der Waals surface area contributed by atoms with Crippen LogP contribution in [0.1, 0.15) is 12.5 Å². The van der Waals surface area contributed by atoms with Crippen molar-refractivity contribution in [1.29, 1.82) is 0 Å². The number of hydrogen-bond acceptors (Lipinski definition) is 1. The number of hydrogen-bond donors (Lipinski definition) is 1. The third-order valence-corrected chi connectivity index (χ3v) is 1.76. The Kier molecular flexibility index (Phi) is 3.18. The van der Waals surface area contributed by atoms with Gasteiger partial charge < -0.3 is 5.32 Å². The van der Waals surface area contributed by atoms with Crippen LogP contribution in [0.3, 0.4) is 0 Å². The van der Waals surface area contributed by atoms with Crippen molar-refractivity contribution in [3.05, 3.63) is 41.6 Å². The lowest BCUT2D eigenvalue weighted by atomic mass is 10.1. The maximum Gasteiger partial charge on any atom is 0.0989 e. The lowest BCUT2D eigenvalue weighted by molar-refractivity contribution is 1.14. The first kappa shape index (κ1) is 9.14. The molecule has 0 aliphatic carbocycles. The molecule has 1 rings (SSSR count). The van der Waals surface area contributed by atoms with Gasteiger partial charge in [-0.1, -0.05) is 43.3 Å². The average molecular weight is 182 g/mol. The molecule has 12 heavy (non-hydrogen) atoms. The van der Waals surface area contributed by atoms with E-state index >= 15 is 0 Å². The van der Waals surface area contributed by atoms with Gasteiger partial charge in [0.05, 0.1) is 5.16 Å². The zero-order chi connectivity index (χ0) is 8.97. The molecular formula is C10H12ClN. The predicted octanol–water partition coefficient (Wildman–Crippen LogP) is 3.37. The highest BCUT2D eigenvalue weighted by atomic mass is 35.5. The van der Waals surface area contributed by atoms with Crippen LogP contribution < -0.4 is 5.32 Å². The van der Waals surface area contributed by atoms with Gasteiger partial charge in [-0.15, -0.1) is 0 Å². The fourth-order valence-electron chi connectivity index (χ4n) is 1.10. The number of anilines is 1. The van der Waals surface area contributed by atoms with E-state index in [9.17, 15) is 0 Å². The molecule has 0 saturated heterocycles. The number of para-hydroxylation sites is 1. The van der Waals surface area contributed by atoms with Crippen LogP contribution in [0.4, 0.5) is 5.69 Å². The first-order chi connectivity index (χ1) is 5.74. The number of aryl methyl sites for hydroxylation is 1. The Labute approximate surface area is 78.1 Å². The molecule has 0 aliphatic rings. The highest BCUT2D eigenvalue weighted by molar-refractivity contribution is 6.30. The second-order valence-corrected chi connectivity index (χ2v) is 3.00. The first-order valence-corrected chi connectivity index (χ1v) is 4.31. The Morgan fingerprint density at radius 1 is 1.50 bits per heavy atom. The van der Waals surface area contributed by atoms with E-state index in [0.29, 0.717) is 5.16 Å². The van der Waals surface area contributed by atoms with Crippen molar-refractivity contribution in [2.75, 3.05) is 5.32 Å². The zero-order valence-corrected chi connectivity index (χ0v) is 7.86. The predicted molar refractivity (Wildman–Crippen MR) is 54.4 cm³/mol.